The van der Waals surface area contributed by atoms with E-state index in [2.05, 4.69) is 206 Å². The second kappa shape index (κ2) is 14.0. The zero-order chi connectivity index (χ0) is 38.6. The first kappa shape index (κ1) is 33.9. The normalized spacial score (nSPS) is 13.9. The van der Waals surface area contributed by atoms with Crippen molar-refractivity contribution in [2.45, 2.75) is 19.3 Å². The van der Waals surface area contributed by atoms with E-state index in [0.717, 1.165) is 73.6 Å². The number of fused-ring (bicyclic) bond motifs is 8. The molecule has 0 aliphatic carbocycles. The van der Waals surface area contributed by atoms with Crippen LogP contribution in [-0.2, 0) is 0 Å². The summed E-state index contributed by atoms with van der Waals surface area (Å²) in [7, 11) is 0. The average Bonchev–Trinajstić information content (AvgIpc) is 3.57. The summed E-state index contributed by atoms with van der Waals surface area (Å²) in [6, 6.07) is 69.4. The molecule has 9 aromatic carbocycles. The third-order valence-electron chi connectivity index (χ3n) is 11.7. The number of hydrogen-bond donors (Lipinski definition) is 0. The van der Waals surface area contributed by atoms with Gasteiger partial charge in [0.25, 0.3) is 0 Å². The second-order valence-electron chi connectivity index (χ2n) is 15.3. The maximum Gasteiger partial charge on any atom is 0.135 e. The quantitative estimate of drug-likeness (QED) is 0.159. The van der Waals surface area contributed by atoms with Crippen molar-refractivity contribution in [1.29, 1.82) is 0 Å². The Kier molecular flexibility index (Phi) is 8.18. The lowest BCUT2D eigenvalue weighted by Gasteiger charge is -2.27. The van der Waals surface area contributed by atoms with Crippen LogP contribution in [0, 0.1) is 0 Å². The number of rotatable bonds is 6. The third kappa shape index (κ3) is 5.91. The fourth-order valence-electron chi connectivity index (χ4n) is 8.82. The highest BCUT2D eigenvalue weighted by molar-refractivity contribution is 6.10. The molecule has 2 heterocycles. The number of benzene rings is 9. The molecule has 276 valence electrons. The molecule has 0 fully saturated rings. The van der Waals surface area contributed by atoms with Gasteiger partial charge in [-0.1, -0.05) is 140 Å². The van der Waals surface area contributed by atoms with Gasteiger partial charge in [0, 0.05) is 39.0 Å². The molecule has 1 aliphatic rings. The second-order valence-corrected chi connectivity index (χ2v) is 15.3. The van der Waals surface area contributed by atoms with E-state index < -0.39 is 0 Å². The molecular weight excluding hydrogens is 707 g/mol. The summed E-state index contributed by atoms with van der Waals surface area (Å²) in [5.41, 5.74) is 12.0. The Hall–Kier alpha value is -7.36. The monoisotopic (exact) mass is 745 g/mol. The van der Waals surface area contributed by atoms with Gasteiger partial charge in [0.1, 0.15) is 22.7 Å². The van der Waals surface area contributed by atoms with Crippen molar-refractivity contribution < 1.29 is 9.15 Å². The van der Waals surface area contributed by atoms with Crippen LogP contribution in [-0.4, -0.2) is 0 Å². The SMILES string of the molecule is CC1CC=C(c2ccccc2)Oc2ccc3oc4ccc(-c5ccc(N(c6cccc(-c7ccccc7)c6)c6ccc7c(ccc8ccccc87)c6)cc5)cc4c3c21. The Labute approximate surface area is 337 Å². The maximum absolute atomic E-state index is 6.65. The molecule has 0 saturated carbocycles. The molecule has 3 heteroatoms. The van der Waals surface area contributed by atoms with Gasteiger partial charge >= 0.3 is 0 Å². The number of nitrogens with zero attached hydrogens (tertiary/aromatic N) is 1. The minimum atomic E-state index is 0.254. The first-order chi connectivity index (χ1) is 28.6. The largest absolute Gasteiger partial charge is 0.457 e. The van der Waals surface area contributed by atoms with Gasteiger partial charge in [0.15, 0.2) is 0 Å². The minimum absolute atomic E-state index is 0.254. The minimum Gasteiger partial charge on any atom is -0.457 e. The zero-order valence-corrected chi connectivity index (χ0v) is 32.1. The van der Waals surface area contributed by atoms with Gasteiger partial charge in [-0.15, -0.1) is 0 Å². The van der Waals surface area contributed by atoms with E-state index in [1.165, 1.54) is 38.2 Å². The van der Waals surface area contributed by atoms with Crippen molar-refractivity contribution in [3.05, 3.63) is 211 Å². The highest BCUT2D eigenvalue weighted by Gasteiger charge is 2.24. The van der Waals surface area contributed by atoms with Crippen LogP contribution in [0.1, 0.15) is 30.4 Å². The van der Waals surface area contributed by atoms with Crippen molar-refractivity contribution in [2.24, 2.45) is 0 Å². The molecule has 1 atom stereocenters. The van der Waals surface area contributed by atoms with Crippen LogP contribution in [0.4, 0.5) is 17.1 Å². The fourth-order valence-corrected chi connectivity index (χ4v) is 8.82. The van der Waals surface area contributed by atoms with Gasteiger partial charge in [-0.2, -0.15) is 0 Å². The average molecular weight is 746 g/mol. The molecule has 1 aromatic heterocycles. The van der Waals surface area contributed by atoms with Crippen molar-refractivity contribution >= 4 is 66.3 Å². The Morgan fingerprint density at radius 2 is 1.09 bits per heavy atom. The molecule has 0 spiro atoms. The van der Waals surface area contributed by atoms with Crippen molar-refractivity contribution in [3.63, 3.8) is 0 Å². The number of hydrogen-bond acceptors (Lipinski definition) is 3. The van der Waals surface area contributed by atoms with E-state index in [1.807, 2.05) is 6.07 Å². The van der Waals surface area contributed by atoms with Crippen LogP contribution < -0.4 is 9.64 Å². The fraction of sp³-hybridized carbons (Fsp3) is 0.0545. The molecule has 10 aromatic rings. The lowest BCUT2D eigenvalue weighted by Crippen LogP contribution is -2.10. The van der Waals surface area contributed by atoms with E-state index in [1.54, 1.807) is 0 Å². The van der Waals surface area contributed by atoms with Crippen LogP contribution in [0.2, 0.25) is 0 Å². The number of furan rings is 1. The molecule has 1 unspecified atom stereocenters. The van der Waals surface area contributed by atoms with Gasteiger partial charge in [0.05, 0.1) is 0 Å². The van der Waals surface area contributed by atoms with E-state index in [0.29, 0.717) is 0 Å². The van der Waals surface area contributed by atoms with Gasteiger partial charge in [-0.3, -0.25) is 0 Å². The predicted molar refractivity (Wildman–Crippen MR) is 242 cm³/mol. The van der Waals surface area contributed by atoms with Gasteiger partial charge < -0.3 is 14.1 Å². The molecule has 58 heavy (non-hydrogen) atoms. The first-order valence-corrected chi connectivity index (χ1v) is 20.0. The van der Waals surface area contributed by atoms with E-state index >= 15 is 0 Å². The topological polar surface area (TPSA) is 25.6 Å². The van der Waals surface area contributed by atoms with Crippen LogP contribution >= 0.6 is 0 Å². The standard InChI is InChI=1S/C55H39NO2/c1-36-19-29-50(40-14-6-3-7-15-40)57-52-31-32-53-55(54(36)52)49-35-42(24-30-51(49)58-53)38-22-25-44(26-23-38)56(45-17-10-16-41(33-45)37-11-4-2-5-12-37)46-27-28-48-43(34-46)21-20-39-13-8-9-18-47(39)48/h2-18,20-36H,19H2,1H3. The molecule has 3 nitrogen and oxygen atoms in total. The Morgan fingerprint density at radius 1 is 0.448 bits per heavy atom. The summed E-state index contributed by atoms with van der Waals surface area (Å²) < 4.78 is 13.1. The molecule has 0 radical (unpaired) electrons. The Bertz CT molecular complexity index is 3180. The zero-order valence-electron chi connectivity index (χ0n) is 32.1. The smallest absolute Gasteiger partial charge is 0.135 e. The first-order valence-electron chi connectivity index (χ1n) is 20.0. The van der Waals surface area contributed by atoms with Crippen molar-refractivity contribution in [1.82, 2.24) is 0 Å². The summed E-state index contributed by atoms with van der Waals surface area (Å²) in [4.78, 5) is 2.37. The lowest BCUT2D eigenvalue weighted by atomic mass is 9.92. The molecule has 1 aliphatic heterocycles. The lowest BCUT2D eigenvalue weighted by molar-refractivity contribution is 0.511. The molecule has 0 amide bonds. The van der Waals surface area contributed by atoms with Crippen molar-refractivity contribution in [2.75, 3.05) is 4.90 Å². The molecule has 0 N–H and O–H groups in total. The Balaban J connectivity index is 0.997. The van der Waals surface area contributed by atoms with Crippen LogP contribution in [0.3, 0.4) is 0 Å². The predicted octanol–water partition coefficient (Wildman–Crippen LogP) is 15.6. The molecule has 11 rings (SSSR count). The number of ether oxygens (including phenoxy) is 1. The summed E-state index contributed by atoms with van der Waals surface area (Å²) in [5.74, 6) is 2.05. The van der Waals surface area contributed by atoms with Gasteiger partial charge in [-0.25, -0.2) is 0 Å². The number of anilines is 3. The summed E-state index contributed by atoms with van der Waals surface area (Å²) in [5, 5.41) is 7.22. The third-order valence-corrected chi connectivity index (χ3v) is 11.7. The van der Waals surface area contributed by atoms with E-state index in [4.69, 9.17) is 9.15 Å². The van der Waals surface area contributed by atoms with Crippen LogP contribution in [0.5, 0.6) is 5.75 Å². The van der Waals surface area contributed by atoms with E-state index in [-0.39, 0.29) is 5.92 Å². The Morgan fingerprint density at radius 3 is 1.93 bits per heavy atom. The van der Waals surface area contributed by atoms with Gasteiger partial charge in [-0.05, 0) is 123 Å². The van der Waals surface area contributed by atoms with Gasteiger partial charge in [0.2, 0.25) is 0 Å². The highest BCUT2D eigenvalue weighted by Crippen LogP contribution is 2.45. The molecule has 0 saturated heterocycles. The molecular formula is C55H39NO2. The van der Waals surface area contributed by atoms with Crippen LogP contribution in [0.25, 0.3) is 71.5 Å². The van der Waals surface area contributed by atoms with E-state index in [9.17, 15) is 0 Å². The summed E-state index contributed by atoms with van der Waals surface area (Å²) in [6.45, 7) is 2.28. The van der Waals surface area contributed by atoms with Crippen LogP contribution in [0.15, 0.2) is 205 Å². The maximum atomic E-state index is 6.65. The number of allylic oxidation sites excluding steroid dienone is 1. The van der Waals surface area contributed by atoms with Crippen molar-refractivity contribution in [3.8, 4) is 28.0 Å². The summed E-state index contributed by atoms with van der Waals surface area (Å²) in [6.07, 6.45) is 3.10. The molecule has 0 bridgehead atoms. The summed E-state index contributed by atoms with van der Waals surface area (Å²) >= 11 is 0. The highest BCUT2D eigenvalue weighted by atomic mass is 16.5.